The quantitative estimate of drug-likeness (QED) is 0.481. The first-order valence-corrected chi connectivity index (χ1v) is 2.52. The third kappa shape index (κ3) is 1.10. The van der Waals surface area contributed by atoms with E-state index in [0.717, 1.165) is 0 Å². The van der Waals surface area contributed by atoms with E-state index in [1.807, 2.05) is 14.1 Å². The zero-order valence-corrected chi connectivity index (χ0v) is 5.40. The van der Waals surface area contributed by atoms with Crippen molar-refractivity contribution in [1.29, 1.82) is 0 Å². The van der Waals surface area contributed by atoms with E-state index in [-0.39, 0.29) is 0 Å². The van der Waals surface area contributed by atoms with Crippen LogP contribution in [0.25, 0.3) is 0 Å². The standard InChI is InChI=1S/C4H9N4O/c1-7(2)8-3-4(5)9-6-8/h3H,5H2,1-2H3/q+1. The van der Waals surface area contributed by atoms with Crippen LogP contribution in [0.5, 0.6) is 0 Å². The zero-order chi connectivity index (χ0) is 6.85. The molecule has 0 radical (unpaired) electrons. The first-order valence-electron chi connectivity index (χ1n) is 2.52. The highest BCUT2D eigenvalue weighted by molar-refractivity contribution is 5.11. The fourth-order valence-electron chi connectivity index (χ4n) is 0.438. The zero-order valence-electron chi connectivity index (χ0n) is 5.40. The van der Waals surface area contributed by atoms with Crippen molar-refractivity contribution in [2.75, 3.05) is 24.8 Å². The lowest BCUT2D eigenvalue weighted by Crippen LogP contribution is -2.53. The normalized spacial score (nSPS) is 9.56. The van der Waals surface area contributed by atoms with E-state index in [9.17, 15) is 0 Å². The number of hydrogen-bond donors (Lipinski definition) is 1. The van der Waals surface area contributed by atoms with Gasteiger partial charge in [-0.2, -0.15) is 5.01 Å². The maximum atomic E-state index is 5.24. The molecule has 1 rings (SSSR count). The molecule has 9 heavy (non-hydrogen) atoms. The van der Waals surface area contributed by atoms with Gasteiger partial charge in [0, 0.05) is 0 Å². The van der Waals surface area contributed by atoms with Crippen LogP contribution in [0, 0.1) is 0 Å². The maximum Gasteiger partial charge on any atom is 0.296 e. The molecule has 0 aliphatic rings. The molecule has 0 unspecified atom stereocenters. The molecule has 0 saturated carbocycles. The van der Waals surface area contributed by atoms with E-state index in [2.05, 4.69) is 9.79 Å². The highest BCUT2D eigenvalue weighted by atomic mass is 16.5. The molecule has 5 nitrogen and oxygen atoms in total. The molecule has 0 saturated heterocycles. The summed E-state index contributed by atoms with van der Waals surface area (Å²) in [6, 6.07) is 0. The van der Waals surface area contributed by atoms with E-state index in [1.165, 1.54) is 4.79 Å². The minimum absolute atomic E-state index is 0.309. The van der Waals surface area contributed by atoms with Crippen LogP contribution in [0.3, 0.4) is 0 Å². The van der Waals surface area contributed by atoms with Crippen LogP contribution in [-0.4, -0.2) is 19.4 Å². The number of anilines is 1. The lowest BCUT2D eigenvalue weighted by Gasteiger charge is -1.93. The van der Waals surface area contributed by atoms with Crippen LogP contribution >= 0.6 is 0 Å². The molecule has 0 fully saturated rings. The van der Waals surface area contributed by atoms with Crippen LogP contribution in [0.4, 0.5) is 5.88 Å². The SMILES string of the molecule is CN(C)[n+]1cc(N)on1. The molecule has 5 heteroatoms. The minimum Gasteiger partial charge on any atom is -0.362 e. The lowest BCUT2D eigenvalue weighted by molar-refractivity contribution is -0.753. The summed E-state index contributed by atoms with van der Waals surface area (Å²) in [5, 5.41) is 5.29. The third-order valence-corrected chi connectivity index (χ3v) is 0.882. The molecule has 1 heterocycles. The number of nitrogens with zero attached hydrogens (tertiary/aromatic N) is 3. The highest BCUT2D eigenvalue weighted by Gasteiger charge is 2.08. The molecule has 2 N–H and O–H groups in total. The summed E-state index contributed by atoms with van der Waals surface area (Å²) in [4.78, 5) is 1.50. The van der Waals surface area contributed by atoms with Gasteiger partial charge >= 0.3 is 0 Å². The van der Waals surface area contributed by atoms with Gasteiger partial charge in [0.1, 0.15) is 0 Å². The predicted octanol–water partition coefficient (Wildman–Crippen LogP) is -1.26. The smallest absolute Gasteiger partial charge is 0.296 e. The van der Waals surface area contributed by atoms with Gasteiger partial charge < -0.3 is 5.73 Å². The lowest BCUT2D eigenvalue weighted by atomic mass is 10.8. The van der Waals surface area contributed by atoms with Crippen LogP contribution in [0.1, 0.15) is 0 Å². The van der Waals surface area contributed by atoms with Gasteiger partial charge in [-0.1, -0.05) is 0 Å². The van der Waals surface area contributed by atoms with Crippen molar-refractivity contribution >= 4 is 5.88 Å². The topological polar surface area (TPSA) is 59.2 Å². The maximum absolute atomic E-state index is 5.24. The van der Waals surface area contributed by atoms with Gasteiger partial charge in [-0.25, -0.2) is 0 Å². The Morgan fingerprint density at radius 1 is 1.78 bits per heavy atom. The third-order valence-electron chi connectivity index (χ3n) is 0.882. The monoisotopic (exact) mass is 129 g/mol. The summed E-state index contributed by atoms with van der Waals surface area (Å²) in [7, 11) is 3.67. The Bertz CT molecular complexity index is 194. The molecular weight excluding hydrogens is 120 g/mol. The van der Waals surface area contributed by atoms with Gasteiger partial charge in [-0.05, 0) is 0 Å². The molecule has 0 spiro atoms. The molecule has 0 aliphatic heterocycles. The average molecular weight is 129 g/mol. The number of hydrogen-bond acceptors (Lipinski definition) is 4. The Kier molecular flexibility index (Phi) is 1.26. The molecule has 0 aliphatic carbocycles. The van der Waals surface area contributed by atoms with E-state index >= 15 is 0 Å². The van der Waals surface area contributed by atoms with Crippen LogP contribution in [0.2, 0.25) is 0 Å². The predicted molar refractivity (Wildman–Crippen MR) is 31.2 cm³/mol. The van der Waals surface area contributed by atoms with Crippen LogP contribution < -0.4 is 15.5 Å². The summed E-state index contributed by atoms with van der Waals surface area (Å²) < 4.78 is 4.57. The number of nitrogens with two attached hydrogens (primary N) is 1. The second-order valence-electron chi connectivity index (χ2n) is 1.87. The molecule has 0 amide bonds. The van der Waals surface area contributed by atoms with Gasteiger partial charge in [0.05, 0.1) is 18.9 Å². The van der Waals surface area contributed by atoms with Gasteiger partial charge in [0.25, 0.3) is 12.1 Å². The Morgan fingerprint density at radius 3 is 2.67 bits per heavy atom. The highest BCUT2D eigenvalue weighted by Crippen LogP contribution is 1.88. The van der Waals surface area contributed by atoms with Crippen LogP contribution in [0.15, 0.2) is 10.7 Å². The summed E-state index contributed by atoms with van der Waals surface area (Å²) in [6.07, 6.45) is 1.58. The van der Waals surface area contributed by atoms with E-state index in [1.54, 1.807) is 11.2 Å². The Balaban J connectivity index is 2.85. The van der Waals surface area contributed by atoms with E-state index < -0.39 is 0 Å². The van der Waals surface area contributed by atoms with Crippen molar-refractivity contribution in [2.45, 2.75) is 0 Å². The number of nitrogen functional groups attached to an aromatic ring is 1. The molecule has 50 valence electrons. The first-order chi connectivity index (χ1) is 4.20. The second-order valence-corrected chi connectivity index (χ2v) is 1.87. The molecular formula is C4H9N4O+. The van der Waals surface area contributed by atoms with Gasteiger partial charge in [0.2, 0.25) is 5.27 Å². The molecule has 0 bridgehead atoms. The van der Waals surface area contributed by atoms with Crippen molar-refractivity contribution < 1.29 is 9.31 Å². The molecule has 0 aromatic carbocycles. The Labute approximate surface area is 52.6 Å². The number of aromatic nitrogens is 2. The van der Waals surface area contributed by atoms with Gasteiger partial charge in [-0.15, -0.1) is 0 Å². The van der Waals surface area contributed by atoms with E-state index in [0.29, 0.717) is 5.88 Å². The van der Waals surface area contributed by atoms with Gasteiger partial charge in [0.15, 0.2) is 0 Å². The minimum atomic E-state index is 0.309. The van der Waals surface area contributed by atoms with Crippen molar-refractivity contribution in [3.8, 4) is 0 Å². The van der Waals surface area contributed by atoms with Crippen molar-refractivity contribution in [3.05, 3.63) is 6.20 Å². The van der Waals surface area contributed by atoms with E-state index in [4.69, 9.17) is 5.73 Å². The summed E-state index contributed by atoms with van der Waals surface area (Å²) in [5.41, 5.74) is 5.24. The van der Waals surface area contributed by atoms with Crippen molar-refractivity contribution in [1.82, 2.24) is 5.27 Å². The summed E-state index contributed by atoms with van der Waals surface area (Å²) in [5.74, 6) is 0.309. The van der Waals surface area contributed by atoms with Gasteiger partial charge in [-0.3, -0.25) is 4.52 Å². The van der Waals surface area contributed by atoms with Crippen LogP contribution in [-0.2, 0) is 0 Å². The molecule has 0 atom stereocenters. The van der Waals surface area contributed by atoms with Crippen molar-refractivity contribution in [2.24, 2.45) is 0 Å². The first kappa shape index (κ1) is 5.87. The summed E-state index contributed by atoms with van der Waals surface area (Å²) >= 11 is 0. The number of rotatable bonds is 1. The van der Waals surface area contributed by atoms with Crippen molar-refractivity contribution in [3.63, 3.8) is 0 Å². The average Bonchev–Trinajstić information content (AvgIpc) is 2.14. The largest absolute Gasteiger partial charge is 0.362 e. The Hall–Kier alpha value is -1.26. The fraction of sp³-hybridized carbons (Fsp3) is 0.500. The molecule has 1 aromatic heterocycles. The fourth-order valence-corrected chi connectivity index (χ4v) is 0.438. The molecule has 1 aromatic rings. The second kappa shape index (κ2) is 1.93. The summed E-state index contributed by atoms with van der Waals surface area (Å²) in [6.45, 7) is 0. The Morgan fingerprint density at radius 2 is 2.44 bits per heavy atom.